The Kier molecular flexibility index (Phi) is 4.85. The fourth-order valence-electron chi connectivity index (χ4n) is 1.96. The summed E-state index contributed by atoms with van der Waals surface area (Å²) >= 11 is 1.69. The second-order valence-electron chi connectivity index (χ2n) is 4.70. The van der Waals surface area contributed by atoms with E-state index in [1.54, 1.807) is 11.8 Å². The van der Waals surface area contributed by atoms with Crippen molar-refractivity contribution >= 4 is 17.7 Å². The van der Waals surface area contributed by atoms with E-state index in [0.717, 1.165) is 10.5 Å². The predicted molar refractivity (Wildman–Crippen MR) is 81.9 cm³/mol. The van der Waals surface area contributed by atoms with E-state index in [9.17, 15) is 4.79 Å². The molecule has 2 aromatic carbocycles. The van der Waals surface area contributed by atoms with Crippen LogP contribution in [0.25, 0.3) is 0 Å². The Hall–Kier alpha value is -1.74. The van der Waals surface area contributed by atoms with Crippen LogP contribution in [0.5, 0.6) is 0 Å². The van der Waals surface area contributed by atoms with Crippen LogP contribution >= 0.6 is 11.8 Å². The van der Waals surface area contributed by atoms with E-state index in [-0.39, 0.29) is 12.1 Å². The van der Waals surface area contributed by atoms with Crippen molar-refractivity contribution < 1.29 is 9.53 Å². The number of ether oxygens (including phenoxy) is 1. The molecule has 0 aromatic heterocycles. The van der Waals surface area contributed by atoms with Gasteiger partial charge in [0.05, 0.1) is 0 Å². The van der Waals surface area contributed by atoms with E-state index >= 15 is 0 Å². The number of aryl methyl sites for hydroxylation is 1. The molecule has 0 saturated carbocycles. The summed E-state index contributed by atoms with van der Waals surface area (Å²) in [6.45, 7) is 5.41. The lowest BCUT2D eigenvalue weighted by molar-refractivity contribution is -0.145. The molecule has 0 aliphatic rings. The van der Waals surface area contributed by atoms with Crippen LogP contribution in [-0.2, 0) is 9.53 Å². The second-order valence-corrected chi connectivity index (χ2v) is 5.82. The number of hydrogen-bond acceptors (Lipinski definition) is 3. The molecule has 0 aliphatic heterocycles. The van der Waals surface area contributed by atoms with Gasteiger partial charge in [0.1, 0.15) is 6.10 Å². The molecule has 2 rings (SSSR count). The Balaban J connectivity index is 2.23. The molecule has 2 aromatic rings. The minimum atomic E-state index is -0.257. The number of benzene rings is 2. The maximum Gasteiger partial charge on any atom is 0.303 e. The van der Waals surface area contributed by atoms with Crippen molar-refractivity contribution in [1.82, 2.24) is 0 Å². The fourth-order valence-corrected chi connectivity index (χ4v) is 2.98. The highest BCUT2D eigenvalue weighted by Crippen LogP contribution is 2.34. The SMILES string of the molecule is CC(=O)O[C@H](C)c1ccccc1Sc1ccc(C)cc1. The van der Waals surface area contributed by atoms with Gasteiger partial charge in [-0.15, -0.1) is 0 Å². The van der Waals surface area contributed by atoms with Gasteiger partial charge in [-0.25, -0.2) is 0 Å². The minimum absolute atomic E-state index is 0.235. The third-order valence-electron chi connectivity index (χ3n) is 2.95. The highest BCUT2D eigenvalue weighted by molar-refractivity contribution is 7.99. The van der Waals surface area contributed by atoms with Crippen molar-refractivity contribution in [3.8, 4) is 0 Å². The fraction of sp³-hybridized carbons (Fsp3) is 0.235. The maximum atomic E-state index is 11.1. The Morgan fingerprint density at radius 1 is 1.10 bits per heavy atom. The lowest BCUT2D eigenvalue weighted by Gasteiger charge is -2.16. The van der Waals surface area contributed by atoms with Gasteiger partial charge in [-0.1, -0.05) is 47.7 Å². The molecule has 0 N–H and O–H groups in total. The van der Waals surface area contributed by atoms with Gasteiger partial charge < -0.3 is 4.74 Å². The zero-order valence-corrected chi connectivity index (χ0v) is 12.7. The van der Waals surface area contributed by atoms with Crippen LogP contribution in [0, 0.1) is 6.92 Å². The Morgan fingerprint density at radius 2 is 1.75 bits per heavy atom. The van der Waals surface area contributed by atoms with Crippen molar-refractivity contribution in [1.29, 1.82) is 0 Å². The summed E-state index contributed by atoms with van der Waals surface area (Å²) in [5.74, 6) is -0.257. The zero-order valence-electron chi connectivity index (χ0n) is 11.9. The number of rotatable bonds is 4. The quantitative estimate of drug-likeness (QED) is 0.757. The maximum absolute atomic E-state index is 11.1. The molecule has 0 spiro atoms. The first-order valence-electron chi connectivity index (χ1n) is 6.57. The number of hydrogen-bond donors (Lipinski definition) is 0. The van der Waals surface area contributed by atoms with Crippen LogP contribution < -0.4 is 0 Å². The Bertz CT molecular complexity index is 590. The number of carbonyl (C=O) groups excluding carboxylic acids is 1. The number of carbonyl (C=O) groups is 1. The smallest absolute Gasteiger partial charge is 0.303 e. The molecule has 0 heterocycles. The van der Waals surface area contributed by atoms with E-state index in [4.69, 9.17) is 4.74 Å². The molecule has 0 saturated heterocycles. The molecule has 2 nitrogen and oxygen atoms in total. The molecule has 20 heavy (non-hydrogen) atoms. The van der Waals surface area contributed by atoms with Gasteiger partial charge in [-0.3, -0.25) is 4.79 Å². The molecule has 0 fully saturated rings. The molecule has 104 valence electrons. The lowest BCUT2D eigenvalue weighted by atomic mass is 10.1. The summed E-state index contributed by atoms with van der Waals surface area (Å²) in [4.78, 5) is 13.4. The second kappa shape index (κ2) is 6.62. The van der Waals surface area contributed by atoms with Gasteiger partial charge in [-0.05, 0) is 32.0 Å². The lowest BCUT2D eigenvalue weighted by Crippen LogP contribution is -2.05. The minimum Gasteiger partial charge on any atom is -0.458 e. The highest BCUT2D eigenvalue weighted by atomic mass is 32.2. The first kappa shape index (κ1) is 14.7. The van der Waals surface area contributed by atoms with Crippen molar-refractivity contribution in [2.45, 2.75) is 36.7 Å². The normalized spacial score (nSPS) is 11.9. The molecular weight excluding hydrogens is 268 g/mol. The summed E-state index contributed by atoms with van der Waals surface area (Å²) in [5, 5.41) is 0. The van der Waals surface area contributed by atoms with Crippen LogP contribution in [0.3, 0.4) is 0 Å². The zero-order chi connectivity index (χ0) is 14.5. The predicted octanol–water partition coefficient (Wildman–Crippen LogP) is 4.77. The van der Waals surface area contributed by atoms with Gasteiger partial charge >= 0.3 is 5.97 Å². The average molecular weight is 286 g/mol. The van der Waals surface area contributed by atoms with Gasteiger partial charge in [0, 0.05) is 22.3 Å². The van der Waals surface area contributed by atoms with Crippen molar-refractivity contribution in [3.63, 3.8) is 0 Å². The van der Waals surface area contributed by atoms with Crippen LogP contribution in [0.4, 0.5) is 0 Å². The van der Waals surface area contributed by atoms with Gasteiger partial charge in [0.25, 0.3) is 0 Å². The van der Waals surface area contributed by atoms with E-state index in [1.165, 1.54) is 17.4 Å². The third-order valence-corrected chi connectivity index (χ3v) is 4.05. The first-order valence-corrected chi connectivity index (χ1v) is 7.38. The van der Waals surface area contributed by atoms with Crippen molar-refractivity contribution in [3.05, 3.63) is 59.7 Å². The monoisotopic (exact) mass is 286 g/mol. The van der Waals surface area contributed by atoms with Crippen molar-refractivity contribution in [2.24, 2.45) is 0 Å². The topological polar surface area (TPSA) is 26.3 Å². The van der Waals surface area contributed by atoms with E-state index < -0.39 is 0 Å². The molecule has 3 heteroatoms. The summed E-state index contributed by atoms with van der Waals surface area (Å²) in [6.07, 6.45) is -0.235. The Labute approximate surface area is 124 Å². The summed E-state index contributed by atoms with van der Waals surface area (Å²) < 4.78 is 5.28. The molecule has 0 aliphatic carbocycles. The molecule has 0 unspecified atom stereocenters. The average Bonchev–Trinajstić information content (AvgIpc) is 2.41. The highest BCUT2D eigenvalue weighted by Gasteiger charge is 2.13. The molecule has 0 amide bonds. The van der Waals surface area contributed by atoms with Gasteiger partial charge in [0.2, 0.25) is 0 Å². The van der Waals surface area contributed by atoms with Crippen molar-refractivity contribution in [2.75, 3.05) is 0 Å². The largest absolute Gasteiger partial charge is 0.458 e. The first-order chi connectivity index (χ1) is 9.56. The van der Waals surface area contributed by atoms with Crippen LogP contribution in [0.2, 0.25) is 0 Å². The van der Waals surface area contributed by atoms with Gasteiger partial charge in [0.15, 0.2) is 0 Å². The van der Waals surface area contributed by atoms with E-state index in [0.29, 0.717) is 0 Å². The van der Waals surface area contributed by atoms with Crippen LogP contribution in [0.1, 0.15) is 31.1 Å². The molecular formula is C17H18O2S. The Morgan fingerprint density at radius 3 is 2.40 bits per heavy atom. The molecule has 1 atom stereocenters. The van der Waals surface area contributed by atoms with Crippen LogP contribution in [-0.4, -0.2) is 5.97 Å². The number of esters is 1. The standard InChI is InChI=1S/C17H18O2S/c1-12-8-10-15(11-9-12)20-17-7-5-4-6-16(17)13(2)19-14(3)18/h4-11,13H,1-3H3/t13-/m1/s1. The van der Waals surface area contributed by atoms with E-state index in [1.807, 2.05) is 25.1 Å². The molecule has 0 radical (unpaired) electrons. The third kappa shape index (κ3) is 3.87. The molecule has 0 bridgehead atoms. The van der Waals surface area contributed by atoms with Gasteiger partial charge in [-0.2, -0.15) is 0 Å². The van der Waals surface area contributed by atoms with Crippen LogP contribution in [0.15, 0.2) is 58.3 Å². The summed E-state index contributed by atoms with van der Waals surface area (Å²) in [6, 6.07) is 16.4. The van der Waals surface area contributed by atoms with E-state index in [2.05, 4.69) is 37.3 Å². The summed E-state index contributed by atoms with van der Waals surface area (Å²) in [7, 11) is 0. The summed E-state index contributed by atoms with van der Waals surface area (Å²) in [5.41, 5.74) is 2.28.